The number of nitrogens with zero attached hydrogens (tertiary/aromatic N) is 1. The summed E-state index contributed by atoms with van der Waals surface area (Å²) < 4.78 is 1.03. The highest BCUT2D eigenvalue weighted by Crippen LogP contribution is 2.19. The third-order valence-corrected chi connectivity index (χ3v) is 2.66. The predicted octanol–water partition coefficient (Wildman–Crippen LogP) is 2.75. The second kappa shape index (κ2) is 6.48. The third-order valence-electron chi connectivity index (χ3n) is 1.99. The highest BCUT2D eigenvalue weighted by molar-refractivity contribution is 9.10. The van der Waals surface area contributed by atoms with Crippen LogP contribution in [0, 0.1) is 0 Å². The van der Waals surface area contributed by atoms with Crippen LogP contribution < -0.4 is 5.32 Å². The van der Waals surface area contributed by atoms with E-state index in [1.165, 1.54) is 5.56 Å². The summed E-state index contributed by atoms with van der Waals surface area (Å²) in [6, 6.07) is 5.95. The standard InChI is InChI=1S/C11H16BrClN2/c1-15(2)4-3-14-8-9-5-10(12)7-11(13)6-9/h5-7,14H,3-4,8H2,1-2H3. The van der Waals surface area contributed by atoms with E-state index in [-0.39, 0.29) is 0 Å². The van der Waals surface area contributed by atoms with E-state index in [0.717, 1.165) is 29.1 Å². The summed E-state index contributed by atoms with van der Waals surface area (Å²) >= 11 is 9.37. The maximum atomic E-state index is 5.95. The summed E-state index contributed by atoms with van der Waals surface area (Å²) in [4.78, 5) is 2.15. The maximum Gasteiger partial charge on any atom is 0.0420 e. The smallest absolute Gasteiger partial charge is 0.0420 e. The van der Waals surface area contributed by atoms with Crippen LogP contribution in [0.5, 0.6) is 0 Å². The molecule has 0 aromatic heterocycles. The first-order chi connectivity index (χ1) is 7.08. The molecule has 2 nitrogen and oxygen atoms in total. The van der Waals surface area contributed by atoms with Crippen molar-refractivity contribution in [3.8, 4) is 0 Å². The van der Waals surface area contributed by atoms with Crippen molar-refractivity contribution in [2.45, 2.75) is 6.54 Å². The zero-order chi connectivity index (χ0) is 11.3. The fourth-order valence-corrected chi connectivity index (χ4v) is 2.18. The van der Waals surface area contributed by atoms with E-state index in [0.29, 0.717) is 0 Å². The Morgan fingerprint density at radius 3 is 2.67 bits per heavy atom. The van der Waals surface area contributed by atoms with Gasteiger partial charge in [-0.05, 0) is 37.9 Å². The van der Waals surface area contributed by atoms with Crippen molar-refractivity contribution in [3.63, 3.8) is 0 Å². The Morgan fingerprint density at radius 1 is 1.33 bits per heavy atom. The molecular weight excluding hydrogens is 275 g/mol. The average molecular weight is 292 g/mol. The average Bonchev–Trinajstić information content (AvgIpc) is 2.10. The molecule has 1 rings (SSSR count). The highest BCUT2D eigenvalue weighted by atomic mass is 79.9. The van der Waals surface area contributed by atoms with Crippen molar-refractivity contribution >= 4 is 27.5 Å². The van der Waals surface area contributed by atoms with Crippen LogP contribution in [-0.2, 0) is 6.54 Å². The molecular formula is C11H16BrClN2. The van der Waals surface area contributed by atoms with E-state index in [9.17, 15) is 0 Å². The first-order valence-electron chi connectivity index (χ1n) is 4.88. The summed E-state index contributed by atoms with van der Waals surface area (Å²) in [5.74, 6) is 0. The topological polar surface area (TPSA) is 15.3 Å². The molecule has 0 saturated heterocycles. The zero-order valence-corrected chi connectivity index (χ0v) is 11.4. The minimum atomic E-state index is 0.772. The molecule has 84 valence electrons. The van der Waals surface area contributed by atoms with Crippen LogP contribution in [-0.4, -0.2) is 32.1 Å². The van der Waals surface area contributed by atoms with Gasteiger partial charge < -0.3 is 10.2 Å². The van der Waals surface area contributed by atoms with Crippen LogP contribution in [0.4, 0.5) is 0 Å². The lowest BCUT2D eigenvalue weighted by atomic mass is 10.2. The predicted molar refractivity (Wildman–Crippen MR) is 69.4 cm³/mol. The SMILES string of the molecule is CN(C)CCNCc1cc(Cl)cc(Br)c1. The van der Waals surface area contributed by atoms with Gasteiger partial charge in [0.1, 0.15) is 0 Å². The van der Waals surface area contributed by atoms with Crippen molar-refractivity contribution in [1.29, 1.82) is 0 Å². The summed E-state index contributed by atoms with van der Waals surface area (Å²) in [7, 11) is 4.13. The molecule has 0 heterocycles. The molecule has 1 aromatic carbocycles. The lowest BCUT2D eigenvalue weighted by Gasteiger charge is -2.10. The van der Waals surface area contributed by atoms with Gasteiger partial charge in [0.25, 0.3) is 0 Å². The Bertz CT molecular complexity index is 295. The molecule has 0 spiro atoms. The van der Waals surface area contributed by atoms with Gasteiger partial charge >= 0.3 is 0 Å². The first kappa shape index (κ1) is 13.0. The second-order valence-corrected chi connectivity index (χ2v) is 5.11. The van der Waals surface area contributed by atoms with Crippen molar-refractivity contribution < 1.29 is 0 Å². The first-order valence-corrected chi connectivity index (χ1v) is 6.05. The molecule has 0 aliphatic rings. The van der Waals surface area contributed by atoms with Gasteiger partial charge in [-0.1, -0.05) is 27.5 Å². The number of likely N-dealkylation sites (N-methyl/N-ethyl adjacent to an activating group) is 1. The van der Waals surface area contributed by atoms with E-state index in [2.05, 4.69) is 46.3 Å². The Kier molecular flexibility index (Phi) is 5.61. The summed E-state index contributed by atoms with van der Waals surface area (Å²) in [5, 5.41) is 4.14. The normalized spacial score (nSPS) is 11.0. The van der Waals surface area contributed by atoms with Gasteiger partial charge in [0.15, 0.2) is 0 Å². The monoisotopic (exact) mass is 290 g/mol. The lowest BCUT2D eigenvalue weighted by Crippen LogP contribution is -2.26. The molecule has 0 aliphatic heterocycles. The fraction of sp³-hybridized carbons (Fsp3) is 0.455. The molecule has 15 heavy (non-hydrogen) atoms. The largest absolute Gasteiger partial charge is 0.311 e. The van der Waals surface area contributed by atoms with E-state index < -0.39 is 0 Å². The van der Waals surface area contributed by atoms with Gasteiger partial charge in [-0.25, -0.2) is 0 Å². The Balaban J connectivity index is 2.37. The number of nitrogens with one attached hydrogen (secondary N) is 1. The molecule has 0 bridgehead atoms. The molecule has 0 unspecified atom stereocenters. The van der Waals surface area contributed by atoms with Gasteiger partial charge in [-0.2, -0.15) is 0 Å². The van der Waals surface area contributed by atoms with Crippen molar-refractivity contribution in [2.75, 3.05) is 27.2 Å². The van der Waals surface area contributed by atoms with E-state index in [1.54, 1.807) is 0 Å². The number of rotatable bonds is 5. The molecule has 0 aliphatic carbocycles. The van der Waals surface area contributed by atoms with Crippen molar-refractivity contribution in [1.82, 2.24) is 10.2 Å². The summed E-state index contributed by atoms with van der Waals surface area (Å²) in [6.45, 7) is 2.88. The van der Waals surface area contributed by atoms with E-state index in [4.69, 9.17) is 11.6 Å². The second-order valence-electron chi connectivity index (χ2n) is 3.76. The number of hydrogen-bond acceptors (Lipinski definition) is 2. The minimum absolute atomic E-state index is 0.772. The molecule has 4 heteroatoms. The Labute approximate surface area is 105 Å². The molecule has 0 amide bonds. The van der Waals surface area contributed by atoms with Crippen LogP contribution in [0.3, 0.4) is 0 Å². The minimum Gasteiger partial charge on any atom is -0.311 e. The number of benzene rings is 1. The summed E-state index contributed by atoms with van der Waals surface area (Å²) in [5.41, 5.74) is 1.20. The maximum absolute atomic E-state index is 5.95. The quantitative estimate of drug-likeness (QED) is 0.839. The Hall–Kier alpha value is -0.0900. The van der Waals surface area contributed by atoms with Crippen LogP contribution in [0.2, 0.25) is 5.02 Å². The lowest BCUT2D eigenvalue weighted by molar-refractivity contribution is 0.400. The van der Waals surface area contributed by atoms with Crippen molar-refractivity contribution in [3.05, 3.63) is 33.3 Å². The number of hydrogen-bond donors (Lipinski definition) is 1. The van der Waals surface area contributed by atoms with Crippen LogP contribution in [0.15, 0.2) is 22.7 Å². The van der Waals surface area contributed by atoms with Gasteiger partial charge in [0, 0.05) is 29.1 Å². The molecule has 0 fully saturated rings. The van der Waals surface area contributed by atoms with Gasteiger partial charge in [-0.15, -0.1) is 0 Å². The zero-order valence-electron chi connectivity index (χ0n) is 9.06. The van der Waals surface area contributed by atoms with Gasteiger partial charge in [-0.3, -0.25) is 0 Å². The number of halogens is 2. The van der Waals surface area contributed by atoms with E-state index in [1.807, 2.05) is 12.1 Å². The van der Waals surface area contributed by atoms with Crippen LogP contribution >= 0.6 is 27.5 Å². The molecule has 0 atom stereocenters. The third kappa shape index (κ3) is 5.52. The Morgan fingerprint density at radius 2 is 2.07 bits per heavy atom. The highest BCUT2D eigenvalue weighted by Gasteiger charge is 1.97. The van der Waals surface area contributed by atoms with E-state index >= 15 is 0 Å². The van der Waals surface area contributed by atoms with Gasteiger partial charge in [0.05, 0.1) is 0 Å². The fourth-order valence-electron chi connectivity index (χ4n) is 1.25. The van der Waals surface area contributed by atoms with Crippen LogP contribution in [0.25, 0.3) is 0 Å². The molecule has 1 aromatic rings. The summed E-state index contributed by atoms with van der Waals surface area (Å²) in [6.07, 6.45) is 0. The van der Waals surface area contributed by atoms with Crippen molar-refractivity contribution in [2.24, 2.45) is 0 Å². The molecule has 1 N–H and O–H groups in total. The molecule has 0 radical (unpaired) electrons. The molecule has 0 saturated carbocycles. The van der Waals surface area contributed by atoms with Crippen LogP contribution in [0.1, 0.15) is 5.56 Å². The van der Waals surface area contributed by atoms with Gasteiger partial charge in [0.2, 0.25) is 0 Å².